The number of halogens is 1. The predicted molar refractivity (Wildman–Crippen MR) is 125 cm³/mol. The van der Waals surface area contributed by atoms with Crippen LogP contribution < -0.4 is 10.2 Å². The Balaban J connectivity index is 0.00000300. The number of nitrogens with one attached hydrogen (secondary N) is 1. The van der Waals surface area contributed by atoms with Crippen molar-refractivity contribution in [1.82, 2.24) is 10.2 Å². The van der Waals surface area contributed by atoms with Gasteiger partial charge in [0.25, 0.3) is 5.69 Å². The van der Waals surface area contributed by atoms with Gasteiger partial charge in [-0.1, -0.05) is 24.3 Å². The van der Waals surface area contributed by atoms with Gasteiger partial charge < -0.3 is 20.2 Å². The summed E-state index contributed by atoms with van der Waals surface area (Å²) in [5.41, 5.74) is 1.73. The third-order valence-corrected chi connectivity index (χ3v) is 4.67. The molecule has 0 aliphatic carbocycles. The van der Waals surface area contributed by atoms with Crippen LogP contribution in [-0.2, 0) is 6.54 Å². The molecule has 0 spiro atoms. The number of hydrogen-bond acceptors (Lipinski definition) is 5. The molecular formula is C20H26IN5O3. The molecular weight excluding hydrogens is 485 g/mol. The van der Waals surface area contributed by atoms with Crippen molar-refractivity contribution in [3.63, 3.8) is 0 Å². The molecule has 2 N–H and O–H groups in total. The Morgan fingerprint density at radius 1 is 1.17 bits per heavy atom. The summed E-state index contributed by atoms with van der Waals surface area (Å²) in [6, 6.07) is 13.9. The van der Waals surface area contributed by atoms with Gasteiger partial charge in [0.2, 0.25) is 0 Å². The van der Waals surface area contributed by atoms with Crippen LogP contribution in [0, 0.1) is 10.1 Å². The van der Waals surface area contributed by atoms with E-state index in [4.69, 9.17) is 0 Å². The van der Waals surface area contributed by atoms with Crippen molar-refractivity contribution >= 4 is 41.3 Å². The van der Waals surface area contributed by atoms with Gasteiger partial charge in [-0.25, -0.2) is 4.99 Å². The normalized spacial score (nSPS) is 14.3. The van der Waals surface area contributed by atoms with E-state index >= 15 is 0 Å². The fraction of sp³-hybridized carbons (Fsp3) is 0.350. The molecule has 8 nitrogen and oxygen atoms in total. The summed E-state index contributed by atoms with van der Waals surface area (Å²) in [5.74, 6) is 1.09. The van der Waals surface area contributed by atoms with Crippen molar-refractivity contribution in [3.05, 3.63) is 64.2 Å². The quantitative estimate of drug-likeness (QED) is 0.211. The third-order valence-electron chi connectivity index (χ3n) is 4.67. The van der Waals surface area contributed by atoms with Crippen LogP contribution in [0.15, 0.2) is 53.5 Å². The number of nitro benzene ring substituents is 1. The number of non-ortho nitro benzene ring substituents is 1. The van der Waals surface area contributed by atoms with Crippen LogP contribution in [-0.4, -0.2) is 53.6 Å². The summed E-state index contributed by atoms with van der Waals surface area (Å²) < 4.78 is 0. The molecule has 3 rings (SSSR count). The molecule has 1 aliphatic heterocycles. The summed E-state index contributed by atoms with van der Waals surface area (Å²) in [6.45, 7) is 6.24. The highest BCUT2D eigenvalue weighted by Gasteiger charge is 2.21. The molecule has 0 aromatic heterocycles. The number of nitro groups is 1. The van der Waals surface area contributed by atoms with Crippen molar-refractivity contribution in [1.29, 1.82) is 0 Å². The number of aliphatic imine (C=N–C) groups is 1. The molecule has 9 heteroatoms. The predicted octanol–water partition coefficient (Wildman–Crippen LogP) is 3.21. The first kappa shape index (κ1) is 22.7. The number of phenolic OH excluding ortho intramolecular Hbond substituents is 1. The minimum Gasteiger partial charge on any atom is -0.506 e. The van der Waals surface area contributed by atoms with Gasteiger partial charge in [0, 0.05) is 44.9 Å². The molecule has 0 radical (unpaired) electrons. The SMILES string of the molecule is CCNC(=NCc1cccc([N+](=O)[O-])c1)N1CCN(c2ccccc2O)CC1.I. The Bertz CT molecular complexity index is 854. The van der Waals surface area contributed by atoms with Crippen molar-refractivity contribution in [3.8, 4) is 5.75 Å². The molecule has 0 bridgehead atoms. The van der Waals surface area contributed by atoms with Gasteiger partial charge in [0.15, 0.2) is 5.96 Å². The Hall–Kier alpha value is -2.56. The largest absolute Gasteiger partial charge is 0.506 e. The highest BCUT2D eigenvalue weighted by molar-refractivity contribution is 14.0. The zero-order valence-corrected chi connectivity index (χ0v) is 18.7. The van der Waals surface area contributed by atoms with Gasteiger partial charge in [-0.2, -0.15) is 0 Å². The Kier molecular flexibility index (Phi) is 8.50. The molecule has 1 heterocycles. The molecule has 156 valence electrons. The first-order valence-electron chi connectivity index (χ1n) is 9.38. The molecule has 0 atom stereocenters. The fourth-order valence-corrected chi connectivity index (χ4v) is 3.25. The fourth-order valence-electron chi connectivity index (χ4n) is 3.25. The Morgan fingerprint density at radius 2 is 1.90 bits per heavy atom. The highest BCUT2D eigenvalue weighted by atomic mass is 127. The Labute approximate surface area is 187 Å². The number of nitrogens with zero attached hydrogens (tertiary/aromatic N) is 4. The van der Waals surface area contributed by atoms with Gasteiger partial charge in [-0.3, -0.25) is 10.1 Å². The number of anilines is 1. The average Bonchev–Trinajstić information content (AvgIpc) is 2.72. The molecule has 1 saturated heterocycles. The smallest absolute Gasteiger partial charge is 0.269 e. The summed E-state index contributed by atoms with van der Waals surface area (Å²) in [5, 5.41) is 24.3. The second-order valence-electron chi connectivity index (χ2n) is 6.56. The zero-order chi connectivity index (χ0) is 19.9. The van der Waals surface area contributed by atoms with Crippen LogP contribution in [0.5, 0.6) is 5.75 Å². The van der Waals surface area contributed by atoms with Gasteiger partial charge in [0.05, 0.1) is 17.2 Å². The van der Waals surface area contributed by atoms with E-state index in [9.17, 15) is 15.2 Å². The van der Waals surface area contributed by atoms with Crippen LogP contribution >= 0.6 is 24.0 Å². The van der Waals surface area contributed by atoms with Crippen LogP contribution in [0.4, 0.5) is 11.4 Å². The van der Waals surface area contributed by atoms with E-state index in [1.54, 1.807) is 18.2 Å². The minimum absolute atomic E-state index is 0. The maximum atomic E-state index is 10.9. The van der Waals surface area contributed by atoms with Crippen molar-refractivity contribution < 1.29 is 10.0 Å². The van der Waals surface area contributed by atoms with E-state index in [0.717, 1.165) is 49.9 Å². The lowest BCUT2D eigenvalue weighted by molar-refractivity contribution is -0.384. The van der Waals surface area contributed by atoms with E-state index in [2.05, 4.69) is 20.1 Å². The molecule has 0 unspecified atom stereocenters. The van der Waals surface area contributed by atoms with E-state index in [1.807, 2.05) is 31.2 Å². The lowest BCUT2D eigenvalue weighted by Gasteiger charge is -2.37. The monoisotopic (exact) mass is 511 g/mol. The first-order valence-corrected chi connectivity index (χ1v) is 9.38. The van der Waals surface area contributed by atoms with Crippen LogP contribution in [0.3, 0.4) is 0 Å². The van der Waals surface area contributed by atoms with E-state index in [-0.39, 0.29) is 29.7 Å². The van der Waals surface area contributed by atoms with Crippen molar-refractivity contribution in [2.24, 2.45) is 4.99 Å². The minimum atomic E-state index is -0.392. The maximum absolute atomic E-state index is 10.9. The molecule has 2 aromatic rings. The summed E-state index contributed by atoms with van der Waals surface area (Å²) in [7, 11) is 0. The molecule has 29 heavy (non-hydrogen) atoms. The number of aromatic hydroxyl groups is 1. The maximum Gasteiger partial charge on any atom is 0.269 e. The number of benzene rings is 2. The summed E-state index contributed by atoms with van der Waals surface area (Å²) in [6.07, 6.45) is 0. The van der Waals surface area contributed by atoms with E-state index in [1.165, 1.54) is 6.07 Å². The topological polar surface area (TPSA) is 94.2 Å². The lowest BCUT2D eigenvalue weighted by Crippen LogP contribution is -2.52. The number of piperazine rings is 1. The first-order chi connectivity index (χ1) is 13.6. The van der Waals surface area contributed by atoms with E-state index < -0.39 is 4.92 Å². The number of phenols is 1. The van der Waals surface area contributed by atoms with Crippen LogP contribution in [0.25, 0.3) is 0 Å². The Morgan fingerprint density at radius 3 is 2.55 bits per heavy atom. The van der Waals surface area contributed by atoms with Crippen molar-refractivity contribution in [2.45, 2.75) is 13.5 Å². The molecule has 0 saturated carbocycles. The second-order valence-corrected chi connectivity index (χ2v) is 6.56. The molecule has 2 aromatic carbocycles. The summed E-state index contributed by atoms with van der Waals surface area (Å²) in [4.78, 5) is 19.6. The van der Waals surface area contributed by atoms with Gasteiger partial charge >= 0.3 is 0 Å². The van der Waals surface area contributed by atoms with Gasteiger partial charge in [-0.05, 0) is 24.6 Å². The zero-order valence-electron chi connectivity index (χ0n) is 16.3. The standard InChI is InChI=1S/C20H25N5O3.HI/c1-2-21-20(22-15-16-6-5-7-17(14-16)25(27)28)24-12-10-23(11-13-24)18-8-3-4-9-19(18)26;/h3-9,14,26H,2,10-13,15H2,1H3,(H,21,22);1H. The number of hydrogen-bond donors (Lipinski definition) is 2. The highest BCUT2D eigenvalue weighted by Crippen LogP contribution is 2.27. The van der Waals surface area contributed by atoms with Crippen LogP contribution in [0.1, 0.15) is 12.5 Å². The van der Waals surface area contributed by atoms with Gasteiger partial charge in [-0.15, -0.1) is 24.0 Å². The van der Waals surface area contributed by atoms with E-state index in [0.29, 0.717) is 12.3 Å². The molecule has 1 aliphatic rings. The number of rotatable bonds is 5. The molecule has 0 amide bonds. The molecule has 1 fully saturated rings. The third kappa shape index (κ3) is 5.96. The van der Waals surface area contributed by atoms with Crippen molar-refractivity contribution in [2.75, 3.05) is 37.6 Å². The van der Waals surface area contributed by atoms with Crippen LogP contribution in [0.2, 0.25) is 0 Å². The number of guanidine groups is 1. The summed E-state index contributed by atoms with van der Waals surface area (Å²) >= 11 is 0. The number of para-hydroxylation sites is 2. The average molecular weight is 511 g/mol. The lowest BCUT2D eigenvalue weighted by atomic mass is 10.2. The second kappa shape index (κ2) is 10.8. The van der Waals surface area contributed by atoms with Gasteiger partial charge in [0.1, 0.15) is 5.75 Å².